The van der Waals surface area contributed by atoms with Crippen molar-refractivity contribution in [3.05, 3.63) is 17.5 Å². The van der Waals surface area contributed by atoms with Crippen molar-refractivity contribution >= 4 is 0 Å². The van der Waals surface area contributed by atoms with Gasteiger partial charge < -0.3 is 5.32 Å². The number of nitrogens with zero attached hydrogens (tertiary/aromatic N) is 2. The first-order valence-corrected chi connectivity index (χ1v) is 7.46. The summed E-state index contributed by atoms with van der Waals surface area (Å²) in [6, 6.07) is 3.27. The summed E-state index contributed by atoms with van der Waals surface area (Å²) in [7, 11) is 2.07. The molecule has 0 saturated heterocycles. The summed E-state index contributed by atoms with van der Waals surface area (Å²) < 4.78 is 2.27. The summed E-state index contributed by atoms with van der Waals surface area (Å²) >= 11 is 0. The standard InChI is InChI=1S/C15H29N3/c1-6-10-14(16-5)15(9-4)18-13(8-3)11-12(7-2)17-18/h11,14-16H,6-10H2,1-5H3. The molecule has 2 atom stereocenters. The Morgan fingerprint density at radius 1 is 1.22 bits per heavy atom. The summed E-state index contributed by atoms with van der Waals surface area (Å²) in [6.45, 7) is 8.90. The van der Waals surface area contributed by atoms with Gasteiger partial charge in [0.15, 0.2) is 0 Å². The molecule has 0 fully saturated rings. The van der Waals surface area contributed by atoms with Crippen LogP contribution in [0.2, 0.25) is 0 Å². The van der Waals surface area contributed by atoms with Crippen molar-refractivity contribution in [3.63, 3.8) is 0 Å². The highest BCUT2D eigenvalue weighted by molar-refractivity contribution is 5.12. The summed E-state index contributed by atoms with van der Waals surface area (Å²) in [5.74, 6) is 0. The minimum absolute atomic E-state index is 0.477. The SMILES string of the molecule is CCCC(NC)C(CC)n1nc(CC)cc1CC. The lowest BCUT2D eigenvalue weighted by Crippen LogP contribution is -2.36. The molecule has 3 nitrogen and oxygen atoms in total. The Morgan fingerprint density at radius 3 is 2.39 bits per heavy atom. The van der Waals surface area contributed by atoms with E-state index in [1.807, 2.05) is 0 Å². The number of aromatic nitrogens is 2. The van der Waals surface area contributed by atoms with Gasteiger partial charge in [0.1, 0.15) is 0 Å². The minimum atomic E-state index is 0.477. The first kappa shape index (κ1) is 15.2. The van der Waals surface area contributed by atoms with Gasteiger partial charge in [0.05, 0.1) is 11.7 Å². The van der Waals surface area contributed by atoms with E-state index in [1.165, 1.54) is 24.2 Å². The molecule has 1 N–H and O–H groups in total. The molecule has 2 unspecified atom stereocenters. The molecule has 1 aromatic rings. The highest BCUT2D eigenvalue weighted by atomic mass is 15.3. The van der Waals surface area contributed by atoms with Crippen molar-refractivity contribution in [1.82, 2.24) is 15.1 Å². The smallest absolute Gasteiger partial charge is 0.0672 e. The van der Waals surface area contributed by atoms with Gasteiger partial charge in [0.25, 0.3) is 0 Å². The van der Waals surface area contributed by atoms with Crippen molar-refractivity contribution in [3.8, 4) is 0 Å². The first-order chi connectivity index (χ1) is 8.71. The van der Waals surface area contributed by atoms with E-state index in [4.69, 9.17) is 5.10 Å². The van der Waals surface area contributed by atoms with E-state index in [-0.39, 0.29) is 0 Å². The highest BCUT2D eigenvalue weighted by Crippen LogP contribution is 2.22. The van der Waals surface area contributed by atoms with Crippen LogP contribution in [0.5, 0.6) is 0 Å². The maximum Gasteiger partial charge on any atom is 0.0672 e. The number of hydrogen-bond acceptors (Lipinski definition) is 2. The number of nitrogens with one attached hydrogen (secondary N) is 1. The van der Waals surface area contributed by atoms with Gasteiger partial charge in [-0.2, -0.15) is 5.10 Å². The summed E-state index contributed by atoms with van der Waals surface area (Å²) in [4.78, 5) is 0. The Balaban J connectivity index is 3.02. The Hall–Kier alpha value is -0.830. The fourth-order valence-electron chi connectivity index (χ4n) is 2.68. The van der Waals surface area contributed by atoms with Gasteiger partial charge >= 0.3 is 0 Å². The zero-order valence-corrected chi connectivity index (χ0v) is 12.7. The highest BCUT2D eigenvalue weighted by Gasteiger charge is 2.22. The van der Waals surface area contributed by atoms with Crippen molar-refractivity contribution in [2.75, 3.05) is 7.05 Å². The molecule has 0 aliphatic rings. The second-order valence-corrected chi connectivity index (χ2v) is 4.94. The molecule has 0 radical (unpaired) electrons. The Kier molecular flexibility index (Phi) is 6.41. The molecule has 0 aliphatic heterocycles. The molecule has 0 bridgehead atoms. The van der Waals surface area contributed by atoms with Crippen molar-refractivity contribution in [2.45, 2.75) is 71.9 Å². The van der Waals surface area contributed by atoms with Gasteiger partial charge in [-0.05, 0) is 38.8 Å². The van der Waals surface area contributed by atoms with E-state index < -0.39 is 0 Å². The monoisotopic (exact) mass is 251 g/mol. The van der Waals surface area contributed by atoms with Crippen LogP contribution in [0.1, 0.15) is 64.4 Å². The van der Waals surface area contributed by atoms with Gasteiger partial charge in [0, 0.05) is 11.7 Å². The third-order valence-electron chi connectivity index (χ3n) is 3.76. The van der Waals surface area contributed by atoms with Gasteiger partial charge in [-0.25, -0.2) is 0 Å². The van der Waals surface area contributed by atoms with Gasteiger partial charge in [0.2, 0.25) is 0 Å². The second kappa shape index (κ2) is 7.57. The number of likely N-dealkylation sites (N-methyl/N-ethyl adjacent to an activating group) is 1. The first-order valence-electron chi connectivity index (χ1n) is 7.46. The molecule has 0 saturated carbocycles. The van der Waals surface area contributed by atoms with Gasteiger partial charge in [-0.15, -0.1) is 0 Å². The lowest BCUT2D eigenvalue weighted by Gasteiger charge is -2.27. The van der Waals surface area contributed by atoms with Crippen LogP contribution >= 0.6 is 0 Å². The van der Waals surface area contributed by atoms with E-state index >= 15 is 0 Å². The van der Waals surface area contributed by atoms with Crippen LogP contribution < -0.4 is 5.32 Å². The zero-order valence-electron chi connectivity index (χ0n) is 12.7. The predicted octanol–water partition coefficient (Wildman–Crippen LogP) is 3.35. The van der Waals surface area contributed by atoms with E-state index in [0.29, 0.717) is 12.1 Å². The maximum absolute atomic E-state index is 4.80. The van der Waals surface area contributed by atoms with E-state index in [2.05, 4.69) is 50.8 Å². The lowest BCUT2D eigenvalue weighted by molar-refractivity contribution is 0.307. The summed E-state index contributed by atoms with van der Waals surface area (Å²) in [6.07, 6.45) is 5.63. The van der Waals surface area contributed by atoms with Crippen molar-refractivity contribution < 1.29 is 0 Å². The molecular weight excluding hydrogens is 222 g/mol. The average molecular weight is 251 g/mol. The Morgan fingerprint density at radius 2 is 1.94 bits per heavy atom. The van der Waals surface area contributed by atoms with Gasteiger partial charge in [-0.1, -0.05) is 34.1 Å². The Labute approximate surface area is 112 Å². The molecule has 1 rings (SSSR count). The van der Waals surface area contributed by atoms with E-state index in [1.54, 1.807) is 0 Å². The average Bonchev–Trinajstić information content (AvgIpc) is 2.81. The van der Waals surface area contributed by atoms with E-state index in [9.17, 15) is 0 Å². The van der Waals surface area contributed by atoms with Crippen molar-refractivity contribution in [1.29, 1.82) is 0 Å². The summed E-state index contributed by atoms with van der Waals surface area (Å²) in [5, 5.41) is 8.27. The maximum atomic E-state index is 4.80. The van der Waals surface area contributed by atoms with Crippen LogP contribution in [-0.4, -0.2) is 22.9 Å². The van der Waals surface area contributed by atoms with Gasteiger partial charge in [-0.3, -0.25) is 4.68 Å². The van der Waals surface area contributed by atoms with Crippen LogP contribution in [-0.2, 0) is 12.8 Å². The Bertz CT molecular complexity index is 344. The van der Waals surface area contributed by atoms with Crippen LogP contribution in [0.25, 0.3) is 0 Å². The van der Waals surface area contributed by atoms with Crippen LogP contribution in [0, 0.1) is 0 Å². The van der Waals surface area contributed by atoms with Crippen LogP contribution in [0.15, 0.2) is 6.07 Å². The van der Waals surface area contributed by atoms with Crippen molar-refractivity contribution in [2.24, 2.45) is 0 Å². The minimum Gasteiger partial charge on any atom is -0.315 e. The zero-order chi connectivity index (χ0) is 13.5. The topological polar surface area (TPSA) is 29.9 Å². The third-order valence-corrected chi connectivity index (χ3v) is 3.76. The summed E-state index contributed by atoms with van der Waals surface area (Å²) in [5.41, 5.74) is 2.59. The normalized spacial score (nSPS) is 14.7. The molecular formula is C15H29N3. The molecule has 104 valence electrons. The number of aryl methyl sites for hydroxylation is 2. The molecule has 1 heterocycles. The molecule has 0 aromatic carbocycles. The van der Waals surface area contributed by atoms with Crippen LogP contribution in [0.3, 0.4) is 0 Å². The largest absolute Gasteiger partial charge is 0.315 e. The molecule has 3 heteroatoms. The molecule has 1 aromatic heterocycles. The lowest BCUT2D eigenvalue weighted by atomic mass is 10.0. The predicted molar refractivity (Wildman–Crippen MR) is 78.1 cm³/mol. The molecule has 0 aliphatic carbocycles. The van der Waals surface area contributed by atoms with E-state index in [0.717, 1.165) is 19.3 Å². The molecule has 0 amide bonds. The van der Waals surface area contributed by atoms with Crippen LogP contribution in [0.4, 0.5) is 0 Å². The fourth-order valence-corrected chi connectivity index (χ4v) is 2.68. The molecule has 18 heavy (non-hydrogen) atoms. The second-order valence-electron chi connectivity index (χ2n) is 4.94. The number of hydrogen-bond donors (Lipinski definition) is 1. The fraction of sp³-hybridized carbons (Fsp3) is 0.800. The third kappa shape index (κ3) is 3.35. The number of rotatable bonds is 8. The molecule has 0 spiro atoms. The quantitative estimate of drug-likeness (QED) is 0.768.